The molecule has 0 amide bonds. The van der Waals surface area contributed by atoms with Crippen molar-refractivity contribution >= 4 is 0 Å². The van der Waals surface area contributed by atoms with Gasteiger partial charge in [0.2, 0.25) is 0 Å². The highest BCUT2D eigenvalue weighted by atomic mass is 15.2. The van der Waals surface area contributed by atoms with Gasteiger partial charge < -0.3 is 5.32 Å². The summed E-state index contributed by atoms with van der Waals surface area (Å²) in [6, 6.07) is 0.894. The Bertz CT molecular complexity index is 199. The minimum absolute atomic E-state index is 0.437. The summed E-state index contributed by atoms with van der Waals surface area (Å²) in [6.07, 6.45) is 4.10. The van der Waals surface area contributed by atoms with Crippen LogP contribution >= 0.6 is 0 Å². The Morgan fingerprint density at radius 1 is 1.38 bits per heavy atom. The molecule has 1 atom stereocenters. The van der Waals surface area contributed by atoms with Crippen molar-refractivity contribution in [2.24, 2.45) is 11.3 Å². The molecule has 1 aliphatic carbocycles. The molecule has 0 aromatic heterocycles. The highest BCUT2D eigenvalue weighted by molar-refractivity contribution is 4.89. The lowest BCUT2D eigenvalue weighted by molar-refractivity contribution is 0.137. The third kappa shape index (κ3) is 4.42. The van der Waals surface area contributed by atoms with Gasteiger partial charge in [0.05, 0.1) is 0 Å². The first-order valence-corrected chi connectivity index (χ1v) is 6.89. The molecule has 16 heavy (non-hydrogen) atoms. The molecular formula is C14H30N2. The maximum absolute atomic E-state index is 3.35. The fraction of sp³-hybridized carbons (Fsp3) is 1.00. The van der Waals surface area contributed by atoms with Crippen LogP contribution in [0.4, 0.5) is 0 Å². The number of hydrogen-bond acceptors (Lipinski definition) is 2. The average molecular weight is 226 g/mol. The largest absolute Gasteiger partial charge is 0.319 e. The summed E-state index contributed by atoms with van der Waals surface area (Å²) in [7, 11) is 2.07. The van der Waals surface area contributed by atoms with Crippen molar-refractivity contribution in [1.29, 1.82) is 0 Å². The minimum Gasteiger partial charge on any atom is -0.319 e. The van der Waals surface area contributed by atoms with Crippen LogP contribution in [0.25, 0.3) is 0 Å². The predicted molar refractivity (Wildman–Crippen MR) is 71.8 cm³/mol. The van der Waals surface area contributed by atoms with Gasteiger partial charge in [-0.05, 0) is 37.6 Å². The summed E-state index contributed by atoms with van der Waals surface area (Å²) < 4.78 is 0. The second kappa shape index (κ2) is 6.02. The molecule has 0 aromatic rings. The summed E-state index contributed by atoms with van der Waals surface area (Å²) in [6.45, 7) is 13.0. The molecule has 0 aromatic carbocycles. The zero-order chi connectivity index (χ0) is 12.2. The monoisotopic (exact) mass is 226 g/mol. The van der Waals surface area contributed by atoms with E-state index in [9.17, 15) is 0 Å². The van der Waals surface area contributed by atoms with Crippen LogP contribution in [0.5, 0.6) is 0 Å². The molecule has 2 heteroatoms. The smallest absolute Gasteiger partial charge is 0.00967 e. The van der Waals surface area contributed by atoms with Crippen LogP contribution in [0.3, 0.4) is 0 Å². The lowest BCUT2D eigenvalue weighted by atomic mass is 9.86. The Kier molecular flexibility index (Phi) is 5.26. The zero-order valence-corrected chi connectivity index (χ0v) is 11.8. The fourth-order valence-electron chi connectivity index (χ4n) is 2.46. The van der Waals surface area contributed by atoms with Crippen LogP contribution in [0.15, 0.2) is 0 Å². The Hall–Kier alpha value is -0.0800. The molecule has 1 fully saturated rings. The fourth-order valence-corrected chi connectivity index (χ4v) is 2.46. The third-order valence-corrected chi connectivity index (χ3v) is 3.70. The van der Waals surface area contributed by atoms with E-state index in [0.717, 1.165) is 18.5 Å². The Balaban J connectivity index is 2.51. The van der Waals surface area contributed by atoms with Crippen LogP contribution in [0, 0.1) is 11.3 Å². The molecule has 0 bridgehead atoms. The minimum atomic E-state index is 0.437. The van der Waals surface area contributed by atoms with Crippen molar-refractivity contribution in [2.45, 2.75) is 53.0 Å². The first kappa shape index (κ1) is 14.0. The van der Waals surface area contributed by atoms with Crippen LogP contribution in [0.2, 0.25) is 0 Å². The molecule has 0 radical (unpaired) electrons. The van der Waals surface area contributed by atoms with Crippen LogP contribution in [0.1, 0.15) is 47.0 Å². The zero-order valence-electron chi connectivity index (χ0n) is 11.8. The molecule has 1 unspecified atom stereocenters. The molecule has 2 nitrogen and oxygen atoms in total. The first-order chi connectivity index (χ1) is 7.50. The lowest BCUT2D eigenvalue weighted by Gasteiger charge is -2.36. The summed E-state index contributed by atoms with van der Waals surface area (Å²) in [4.78, 5) is 2.73. The SMILES string of the molecule is CCC(C)(CNC)CN(CC(C)C)C1CC1. The van der Waals surface area contributed by atoms with E-state index in [1.807, 2.05) is 0 Å². The first-order valence-electron chi connectivity index (χ1n) is 6.89. The van der Waals surface area contributed by atoms with Crippen LogP contribution < -0.4 is 5.32 Å². The van der Waals surface area contributed by atoms with Gasteiger partial charge in [0, 0.05) is 25.7 Å². The van der Waals surface area contributed by atoms with Crippen molar-refractivity contribution in [2.75, 3.05) is 26.7 Å². The second-order valence-corrected chi connectivity index (χ2v) is 6.25. The molecule has 96 valence electrons. The predicted octanol–water partition coefficient (Wildman–Crippen LogP) is 2.74. The molecule has 1 aliphatic rings. The molecule has 0 heterocycles. The standard InChI is InChI=1S/C14H30N2/c1-6-14(4,10-15-5)11-16(9-12(2)3)13-7-8-13/h12-13,15H,6-11H2,1-5H3. The van der Waals surface area contributed by atoms with E-state index < -0.39 is 0 Å². The van der Waals surface area contributed by atoms with Gasteiger partial charge >= 0.3 is 0 Å². The highest BCUT2D eigenvalue weighted by Crippen LogP contribution is 2.32. The van der Waals surface area contributed by atoms with Crippen LogP contribution in [-0.2, 0) is 0 Å². The molecule has 1 rings (SSSR count). The quantitative estimate of drug-likeness (QED) is 0.684. The van der Waals surface area contributed by atoms with Gasteiger partial charge in [-0.3, -0.25) is 4.90 Å². The summed E-state index contributed by atoms with van der Waals surface area (Å²) in [5.41, 5.74) is 0.437. The molecule has 1 saturated carbocycles. The Morgan fingerprint density at radius 3 is 2.38 bits per heavy atom. The van der Waals surface area contributed by atoms with Gasteiger partial charge in [-0.15, -0.1) is 0 Å². The van der Waals surface area contributed by atoms with Gasteiger partial charge in [0.15, 0.2) is 0 Å². The number of nitrogens with one attached hydrogen (secondary N) is 1. The maximum atomic E-state index is 3.35. The number of hydrogen-bond donors (Lipinski definition) is 1. The van der Waals surface area contributed by atoms with Crippen molar-refractivity contribution in [3.05, 3.63) is 0 Å². The average Bonchev–Trinajstić information content (AvgIpc) is 2.99. The van der Waals surface area contributed by atoms with Crippen LogP contribution in [-0.4, -0.2) is 37.6 Å². The topological polar surface area (TPSA) is 15.3 Å². The van der Waals surface area contributed by atoms with E-state index in [-0.39, 0.29) is 0 Å². The van der Waals surface area contributed by atoms with Gasteiger partial charge in [0.1, 0.15) is 0 Å². The van der Waals surface area contributed by atoms with E-state index in [1.54, 1.807) is 0 Å². The summed E-state index contributed by atoms with van der Waals surface area (Å²) in [5, 5.41) is 3.35. The van der Waals surface area contributed by atoms with E-state index in [0.29, 0.717) is 5.41 Å². The molecule has 0 spiro atoms. The Labute approximate surface area is 102 Å². The molecular weight excluding hydrogens is 196 g/mol. The Morgan fingerprint density at radius 2 is 2.00 bits per heavy atom. The number of rotatable bonds is 8. The second-order valence-electron chi connectivity index (χ2n) is 6.25. The van der Waals surface area contributed by atoms with Crippen molar-refractivity contribution in [1.82, 2.24) is 10.2 Å². The third-order valence-electron chi connectivity index (χ3n) is 3.70. The lowest BCUT2D eigenvalue weighted by Crippen LogP contribution is -2.43. The summed E-state index contributed by atoms with van der Waals surface area (Å²) in [5.74, 6) is 0.788. The van der Waals surface area contributed by atoms with Crippen molar-refractivity contribution in [3.8, 4) is 0 Å². The highest BCUT2D eigenvalue weighted by Gasteiger charge is 2.34. The summed E-state index contributed by atoms with van der Waals surface area (Å²) >= 11 is 0. The van der Waals surface area contributed by atoms with E-state index in [4.69, 9.17) is 0 Å². The normalized spacial score (nSPS) is 20.4. The molecule has 1 N–H and O–H groups in total. The van der Waals surface area contributed by atoms with E-state index in [1.165, 1.54) is 32.4 Å². The van der Waals surface area contributed by atoms with E-state index >= 15 is 0 Å². The van der Waals surface area contributed by atoms with Gasteiger partial charge in [-0.1, -0.05) is 27.7 Å². The van der Waals surface area contributed by atoms with E-state index in [2.05, 4.69) is 45.0 Å². The van der Waals surface area contributed by atoms with Gasteiger partial charge in [0.25, 0.3) is 0 Å². The molecule has 0 aliphatic heterocycles. The van der Waals surface area contributed by atoms with Gasteiger partial charge in [-0.2, -0.15) is 0 Å². The maximum Gasteiger partial charge on any atom is 0.00967 e. The van der Waals surface area contributed by atoms with Gasteiger partial charge in [-0.25, -0.2) is 0 Å². The van der Waals surface area contributed by atoms with Crippen molar-refractivity contribution in [3.63, 3.8) is 0 Å². The number of nitrogens with zero attached hydrogens (tertiary/aromatic N) is 1. The van der Waals surface area contributed by atoms with Crippen molar-refractivity contribution < 1.29 is 0 Å². The molecule has 0 saturated heterocycles.